The number of anilines is 1. The van der Waals surface area contributed by atoms with Gasteiger partial charge in [0, 0.05) is 41.8 Å². The van der Waals surface area contributed by atoms with E-state index in [1.807, 2.05) is 54.3 Å². The van der Waals surface area contributed by atoms with Crippen LogP contribution in [0.1, 0.15) is 18.4 Å². The van der Waals surface area contributed by atoms with Gasteiger partial charge in [0.2, 0.25) is 5.91 Å². The van der Waals surface area contributed by atoms with E-state index in [2.05, 4.69) is 22.5 Å². The molecule has 4 amide bonds. The summed E-state index contributed by atoms with van der Waals surface area (Å²) in [7, 11) is 0. The first kappa shape index (κ1) is 26.7. The van der Waals surface area contributed by atoms with Crippen molar-refractivity contribution in [3.05, 3.63) is 77.5 Å². The molecule has 7 rings (SSSR count). The van der Waals surface area contributed by atoms with Crippen molar-refractivity contribution in [2.24, 2.45) is 5.92 Å². The topological polar surface area (TPSA) is 116 Å². The van der Waals surface area contributed by atoms with E-state index in [-0.39, 0.29) is 41.2 Å². The largest absolute Gasteiger partial charge is 0.460 e. The smallest absolute Gasteiger partial charge is 0.326 e. The average Bonchev–Trinajstić information content (AvgIpc) is 3.74. The summed E-state index contributed by atoms with van der Waals surface area (Å²) in [4.78, 5) is 43.1. The Morgan fingerprint density at radius 3 is 2.93 bits per heavy atom. The minimum absolute atomic E-state index is 0.0262. The van der Waals surface area contributed by atoms with Crippen LogP contribution < -0.4 is 25.6 Å². The Morgan fingerprint density at radius 2 is 2.10 bits per heavy atom. The number of furan rings is 1. The third-order valence-corrected chi connectivity index (χ3v) is 9.81. The predicted molar refractivity (Wildman–Crippen MR) is 160 cm³/mol. The molecule has 0 aliphatic carbocycles. The zero-order chi connectivity index (χ0) is 29.0. The zero-order valence-corrected chi connectivity index (χ0v) is 23.9. The summed E-state index contributed by atoms with van der Waals surface area (Å²) in [5.41, 5.74) is 3.08. The molecule has 0 saturated carbocycles. The maximum Gasteiger partial charge on any atom is 0.326 e. The van der Waals surface area contributed by atoms with Crippen molar-refractivity contribution in [2.75, 3.05) is 24.5 Å². The number of likely N-dealkylation sites (tertiary alicyclic amines) is 1. The van der Waals surface area contributed by atoms with E-state index in [0.717, 1.165) is 29.6 Å². The lowest BCUT2D eigenvalue weighted by molar-refractivity contribution is -0.125. The summed E-state index contributed by atoms with van der Waals surface area (Å²) < 4.78 is 11.8. The Kier molecular flexibility index (Phi) is 6.70. The highest BCUT2D eigenvalue weighted by atomic mass is 32.2. The lowest BCUT2D eigenvalue weighted by Gasteiger charge is -2.46. The molecule has 3 N–H and O–H groups in total. The van der Waals surface area contributed by atoms with E-state index < -0.39 is 0 Å². The van der Waals surface area contributed by atoms with Gasteiger partial charge in [0.1, 0.15) is 5.75 Å². The second-order valence-corrected chi connectivity index (χ2v) is 12.2. The Labute approximate surface area is 247 Å². The number of ether oxygens (including phenoxy) is 1. The number of rotatable bonds is 6. The summed E-state index contributed by atoms with van der Waals surface area (Å²) in [5.74, 6) is 0.878. The number of piperidine rings is 1. The van der Waals surface area contributed by atoms with E-state index >= 15 is 0 Å². The van der Waals surface area contributed by atoms with Gasteiger partial charge in [0.15, 0.2) is 11.3 Å². The Hall–Kier alpha value is -4.22. The number of para-hydroxylation sites is 1. The lowest BCUT2D eigenvalue weighted by Crippen LogP contribution is -2.62. The fraction of sp³-hybridized carbons (Fsp3) is 0.323. The zero-order valence-electron chi connectivity index (χ0n) is 23.1. The van der Waals surface area contributed by atoms with Gasteiger partial charge in [-0.1, -0.05) is 30.5 Å². The average molecular weight is 586 g/mol. The van der Waals surface area contributed by atoms with Crippen molar-refractivity contribution in [3.8, 4) is 11.5 Å². The van der Waals surface area contributed by atoms with Crippen LogP contribution in [0.4, 0.5) is 10.5 Å². The second-order valence-electron chi connectivity index (χ2n) is 11.0. The summed E-state index contributed by atoms with van der Waals surface area (Å²) in [6, 6.07) is 12.9. The summed E-state index contributed by atoms with van der Waals surface area (Å²) >= 11 is 1.47. The molecule has 0 spiro atoms. The molecular weight excluding hydrogens is 554 g/mol. The Morgan fingerprint density at radius 1 is 1.21 bits per heavy atom. The van der Waals surface area contributed by atoms with Gasteiger partial charge in [-0.05, 0) is 68.3 Å². The second kappa shape index (κ2) is 10.6. The first-order valence-corrected chi connectivity index (χ1v) is 15.0. The van der Waals surface area contributed by atoms with E-state index in [9.17, 15) is 14.4 Å². The standard InChI is InChI=1S/C31H31N5O5S/c1-3-24(37)35-13-10-19(16-35)33-29(38)28-26-25-22(9-12-32-30(25)42-28)36(31(39)34-26)21-8-7-20(15-17(21)2)41-23-6-4-5-18-11-14-40-27(18)23/h3-8,11,14-15,19,22,25,30,32H,1,9-10,12-13,16H2,2H3,(H,33,38)(H,34,39)/t19-,22?,25?,30?/m1/s1. The molecule has 11 heteroatoms. The number of fused-ring (bicyclic) bond motifs is 1. The number of hydrogen-bond acceptors (Lipinski definition) is 7. The number of benzene rings is 2. The highest BCUT2D eigenvalue weighted by Gasteiger charge is 2.52. The van der Waals surface area contributed by atoms with Crippen molar-refractivity contribution < 1.29 is 23.5 Å². The Balaban J connectivity index is 1.11. The normalized spacial score (nSPS) is 24.9. The first-order chi connectivity index (χ1) is 20.4. The van der Waals surface area contributed by atoms with Crippen LogP contribution in [0.15, 0.2) is 76.4 Å². The number of hydrogen-bond donors (Lipinski definition) is 3. The van der Waals surface area contributed by atoms with Crippen molar-refractivity contribution in [3.63, 3.8) is 0 Å². The molecule has 3 unspecified atom stereocenters. The minimum Gasteiger partial charge on any atom is -0.460 e. The molecule has 0 bridgehead atoms. The van der Waals surface area contributed by atoms with Crippen LogP contribution in [0.3, 0.4) is 0 Å². The molecule has 42 heavy (non-hydrogen) atoms. The molecule has 3 aromatic rings. The SMILES string of the molecule is C=CC(=O)N1CC[C@@H](NC(=O)C2=C3NC(=O)N(c4ccc(Oc5cccc6ccoc56)cc4C)C4CCNC(S2)C34)C1. The van der Waals surface area contributed by atoms with E-state index in [4.69, 9.17) is 9.15 Å². The van der Waals surface area contributed by atoms with Crippen molar-refractivity contribution in [2.45, 2.75) is 37.2 Å². The quantitative estimate of drug-likeness (QED) is 0.371. The van der Waals surface area contributed by atoms with Crippen molar-refractivity contribution in [1.82, 2.24) is 20.9 Å². The van der Waals surface area contributed by atoms with Crippen LogP contribution >= 0.6 is 11.8 Å². The molecule has 4 aliphatic heterocycles. The van der Waals surface area contributed by atoms with Crippen LogP contribution in [0.5, 0.6) is 11.5 Å². The molecule has 216 valence electrons. The van der Waals surface area contributed by atoms with Crippen LogP contribution in [0.25, 0.3) is 11.0 Å². The van der Waals surface area contributed by atoms with Gasteiger partial charge >= 0.3 is 6.03 Å². The maximum atomic E-state index is 13.7. The molecule has 3 fully saturated rings. The monoisotopic (exact) mass is 585 g/mol. The maximum absolute atomic E-state index is 13.7. The molecule has 10 nitrogen and oxygen atoms in total. The van der Waals surface area contributed by atoms with Crippen molar-refractivity contribution >= 4 is 46.3 Å². The number of thioether (sulfide) groups is 1. The van der Waals surface area contributed by atoms with Crippen LogP contribution in [-0.4, -0.2) is 59.8 Å². The van der Waals surface area contributed by atoms with E-state index in [1.165, 1.54) is 17.8 Å². The fourth-order valence-corrected chi connectivity index (χ4v) is 7.89. The number of carbonyl (C=O) groups excluding carboxylic acids is 3. The number of urea groups is 1. The fourth-order valence-electron chi connectivity index (χ4n) is 6.49. The van der Waals surface area contributed by atoms with E-state index in [0.29, 0.717) is 47.2 Å². The number of aryl methyl sites for hydroxylation is 1. The van der Waals surface area contributed by atoms with Gasteiger partial charge in [0.05, 0.1) is 22.6 Å². The summed E-state index contributed by atoms with van der Waals surface area (Å²) in [5, 5.41) is 10.6. The number of nitrogens with one attached hydrogen (secondary N) is 3. The highest BCUT2D eigenvalue weighted by Crippen LogP contribution is 2.48. The molecule has 0 radical (unpaired) electrons. The molecule has 5 heterocycles. The van der Waals surface area contributed by atoms with Gasteiger partial charge in [-0.25, -0.2) is 4.79 Å². The summed E-state index contributed by atoms with van der Waals surface area (Å²) in [6.07, 6.45) is 4.38. The molecule has 1 aromatic heterocycles. The third kappa shape index (κ3) is 4.53. The van der Waals surface area contributed by atoms with Crippen LogP contribution in [-0.2, 0) is 9.59 Å². The number of nitrogens with zero attached hydrogens (tertiary/aromatic N) is 2. The molecule has 2 aromatic carbocycles. The Bertz CT molecular complexity index is 1650. The molecule has 3 saturated heterocycles. The lowest BCUT2D eigenvalue weighted by atomic mass is 9.86. The molecule has 4 aliphatic rings. The van der Waals surface area contributed by atoms with E-state index in [1.54, 1.807) is 11.2 Å². The highest BCUT2D eigenvalue weighted by molar-refractivity contribution is 8.04. The van der Waals surface area contributed by atoms with Gasteiger partial charge in [-0.15, -0.1) is 0 Å². The number of carbonyl (C=O) groups is 3. The molecule has 4 atom stereocenters. The van der Waals surface area contributed by atoms with Gasteiger partial charge in [-0.3, -0.25) is 14.5 Å². The first-order valence-electron chi connectivity index (χ1n) is 14.1. The third-order valence-electron chi connectivity index (χ3n) is 8.46. The molecular formula is C31H31N5O5S. The minimum atomic E-state index is -0.250. The van der Waals surface area contributed by atoms with Gasteiger partial charge < -0.3 is 30.0 Å². The predicted octanol–water partition coefficient (Wildman–Crippen LogP) is 4.23. The van der Waals surface area contributed by atoms with Gasteiger partial charge in [0.25, 0.3) is 5.91 Å². The number of amides is 4. The van der Waals surface area contributed by atoms with Crippen molar-refractivity contribution in [1.29, 1.82) is 0 Å². The van der Waals surface area contributed by atoms with Crippen LogP contribution in [0.2, 0.25) is 0 Å². The van der Waals surface area contributed by atoms with Crippen LogP contribution in [0, 0.1) is 12.8 Å². The van der Waals surface area contributed by atoms with Gasteiger partial charge in [-0.2, -0.15) is 0 Å². The summed E-state index contributed by atoms with van der Waals surface area (Å²) in [6.45, 7) is 7.29.